The normalized spacial score (nSPS) is 27.8. The second-order valence-corrected chi connectivity index (χ2v) is 13.2. The van der Waals surface area contributed by atoms with Crippen molar-refractivity contribution in [3.63, 3.8) is 0 Å². The van der Waals surface area contributed by atoms with Crippen LogP contribution in [0.5, 0.6) is 11.5 Å². The fourth-order valence-electron chi connectivity index (χ4n) is 8.73. The number of hydrogen-bond donors (Lipinski definition) is 2. The number of halogens is 1. The molecule has 7 rings (SSSR count). The highest BCUT2D eigenvalue weighted by Gasteiger charge is 2.70. The number of amides is 4. The molecule has 11 heteroatoms. The third-order valence-corrected chi connectivity index (χ3v) is 10.8. The largest absolute Gasteiger partial charge is 0.508 e. The fraction of sp³-hybridized carbons (Fsp3) is 0.324. The van der Waals surface area contributed by atoms with Crippen molar-refractivity contribution in [1.82, 2.24) is 4.90 Å². The van der Waals surface area contributed by atoms with Crippen LogP contribution in [0, 0.1) is 23.7 Å². The highest BCUT2D eigenvalue weighted by molar-refractivity contribution is 6.32. The number of rotatable bonds is 8. The van der Waals surface area contributed by atoms with Gasteiger partial charge in [0.1, 0.15) is 11.5 Å². The summed E-state index contributed by atoms with van der Waals surface area (Å²) in [6.45, 7) is -0.0207. The Kier molecular flexibility index (Phi) is 7.86. The van der Waals surface area contributed by atoms with Crippen molar-refractivity contribution < 1.29 is 38.9 Å². The number of benzene rings is 3. The zero-order valence-corrected chi connectivity index (χ0v) is 26.8. The molecular formula is C37H33ClN2O8. The molecule has 2 aliphatic carbocycles. The third-order valence-electron chi connectivity index (χ3n) is 10.6. The van der Waals surface area contributed by atoms with Gasteiger partial charge in [0.05, 0.1) is 36.0 Å². The number of carbonyl (C=O) groups excluding carboxylic acids is 4. The van der Waals surface area contributed by atoms with Crippen LogP contribution < -0.4 is 9.64 Å². The summed E-state index contributed by atoms with van der Waals surface area (Å²) in [5.74, 6) is -6.68. The first-order valence-corrected chi connectivity index (χ1v) is 16.3. The summed E-state index contributed by atoms with van der Waals surface area (Å²) in [7, 11) is 1.46. The molecular weight excluding hydrogens is 636 g/mol. The average Bonchev–Trinajstić information content (AvgIpc) is 3.45. The minimum atomic E-state index is -1.56. The molecule has 6 atom stereocenters. The number of ether oxygens (including phenoxy) is 1. The van der Waals surface area contributed by atoms with Crippen molar-refractivity contribution in [2.45, 2.75) is 37.0 Å². The summed E-state index contributed by atoms with van der Waals surface area (Å²) in [4.78, 5) is 71.3. The zero-order chi connectivity index (χ0) is 33.9. The first-order chi connectivity index (χ1) is 23.1. The minimum absolute atomic E-state index is 0.0207. The second kappa shape index (κ2) is 11.9. The van der Waals surface area contributed by atoms with Gasteiger partial charge in [0.2, 0.25) is 23.6 Å². The zero-order valence-electron chi connectivity index (χ0n) is 26.0. The van der Waals surface area contributed by atoms with Gasteiger partial charge in [-0.1, -0.05) is 65.7 Å². The van der Waals surface area contributed by atoms with E-state index in [-0.39, 0.29) is 43.9 Å². The summed E-state index contributed by atoms with van der Waals surface area (Å²) in [6, 6.07) is 20.3. The number of carboxylic acids is 1. The SMILES string of the molecule is COc1cccc(O)c1[C@H]1C2=CC[C@@H]3C(=O)N(CCCC(=O)O)C(=O)[C@@H]3[C@@H]2C[C@H]2C(=O)N(c3cccc(Cl)c3)C(=O)[C@@]12c1ccccc1. The maximum Gasteiger partial charge on any atom is 0.303 e. The van der Waals surface area contributed by atoms with E-state index in [0.29, 0.717) is 33.2 Å². The standard InChI is InChI=1S/C37H33ClN2O8/c1-48-28-13-6-12-27(41)31(28)32-23-15-16-24-30(35(46)39(33(24)44)17-7-14-29(42)43)25(23)19-26-34(45)40(22-11-5-10-21(38)18-22)36(47)37(26,32)20-8-3-2-4-9-20/h2-6,8-13,15,18,24-26,30,32,41H,7,14,16-17,19H2,1H3,(H,42,43)/t24-,25+,26-,30-,32+,37+/m0/s1. The lowest BCUT2D eigenvalue weighted by molar-refractivity contribution is -0.142. The van der Waals surface area contributed by atoms with E-state index in [2.05, 4.69) is 0 Å². The summed E-state index contributed by atoms with van der Waals surface area (Å²) >= 11 is 6.35. The molecule has 3 fully saturated rings. The number of hydrogen-bond acceptors (Lipinski definition) is 7. The van der Waals surface area contributed by atoms with Gasteiger partial charge in [0.25, 0.3) is 0 Å². The molecule has 0 unspecified atom stereocenters. The van der Waals surface area contributed by atoms with Crippen molar-refractivity contribution in [3.05, 3.63) is 101 Å². The quantitative estimate of drug-likeness (QED) is 0.250. The van der Waals surface area contributed by atoms with Gasteiger partial charge >= 0.3 is 5.97 Å². The Balaban J connectivity index is 1.46. The van der Waals surface area contributed by atoms with Gasteiger partial charge in [0, 0.05) is 29.5 Å². The maximum atomic E-state index is 15.3. The Bertz CT molecular complexity index is 1890. The first kappa shape index (κ1) is 31.6. The van der Waals surface area contributed by atoms with E-state index in [1.54, 1.807) is 60.7 Å². The number of aromatic hydroxyl groups is 1. The molecule has 0 radical (unpaired) electrons. The average molecular weight is 669 g/mol. The monoisotopic (exact) mass is 668 g/mol. The van der Waals surface area contributed by atoms with E-state index in [1.165, 1.54) is 13.2 Å². The number of carboxylic acid groups (broad SMARTS) is 1. The Morgan fingerprint density at radius 1 is 0.958 bits per heavy atom. The van der Waals surface area contributed by atoms with Crippen LogP contribution in [0.4, 0.5) is 5.69 Å². The molecule has 0 spiro atoms. The van der Waals surface area contributed by atoms with Crippen LogP contribution in [0.2, 0.25) is 5.02 Å². The molecule has 1 saturated carbocycles. The van der Waals surface area contributed by atoms with Crippen LogP contribution in [0.3, 0.4) is 0 Å². The lowest BCUT2D eigenvalue weighted by Gasteiger charge is -2.51. The lowest BCUT2D eigenvalue weighted by atomic mass is 9.49. The van der Waals surface area contributed by atoms with Gasteiger partial charge in [-0.2, -0.15) is 0 Å². The Morgan fingerprint density at radius 3 is 2.42 bits per heavy atom. The number of phenols is 1. The number of imide groups is 2. The predicted octanol–water partition coefficient (Wildman–Crippen LogP) is 5.08. The van der Waals surface area contributed by atoms with Crippen molar-refractivity contribution in [2.24, 2.45) is 23.7 Å². The Morgan fingerprint density at radius 2 is 1.71 bits per heavy atom. The van der Waals surface area contributed by atoms with Crippen LogP contribution in [-0.2, 0) is 29.4 Å². The number of carbonyl (C=O) groups is 5. The number of aliphatic carboxylic acids is 1. The molecule has 3 aromatic carbocycles. The highest BCUT2D eigenvalue weighted by atomic mass is 35.5. The van der Waals surface area contributed by atoms with E-state index in [0.717, 1.165) is 9.80 Å². The summed E-state index contributed by atoms with van der Waals surface area (Å²) in [6.07, 6.45) is 2.13. The molecule has 0 aromatic heterocycles. The van der Waals surface area contributed by atoms with Gasteiger partial charge < -0.3 is 14.9 Å². The first-order valence-electron chi connectivity index (χ1n) is 15.9. The Hall–Kier alpha value is -4.96. The van der Waals surface area contributed by atoms with Crippen LogP contribution >= 0.6 is 11.6 Å². The van der Waals surface area contributed by atoms with Crippen molar-refractivity contribution >= 4 is 46.9 Å². The van der Waals surface area contributed by atoms with Crippen LogP contribution in [0.15, 0.2) is 84.4 Å². The summed E-state index contributed by atoms with van der Waals surface area (Å²) < 4.78 is 5.79. The lowest BCUT2D eigenvalue weighted by Crippen LogP contribution is -2.53. The van der Waals surface area contributed by atoms with Gasteiger partial charge in [-0.05, 0) is 61.1 Å². The van der Waals surface area contributed by atoms with Crippen molar-refractivity contribution in [3.8, 4) is 11.5 Å². The number of likely N-dealkylation sites (tertiary alicyclic amines) is 1. The van der Waals surface area contributed by atoms with Crippen LogP contribution in [-0.4, -0.2) is 58.4 Å². The number of methoxy groups -OCH3 is 1. The second-order valence-electron chi connectivity index (χ2n) is 12.8. The molecule has 10 nitrogen and oxygen atoms in total. The summed E-state index contributed by atoms with van der Waals surface area (Å²) in [5.41, 5.74) is 0.302. The molecule has 2 heterocycles. The van der Waals surface area contributed by atoms with E-state index in [1.807, 2.05) is 12.1 Å². The molecule has 3 aromatic rings. The van der Waals surface area contributed by atoms with Crippen LogP contribution in [0.25, 0.3) is 0 Å². The van der Waals surface area contributed by atoms with Crippen molar-refractivity contribution in [2.75, 3.05) is 18.6 Å². The predicted molar refractivity (Wildman–Crippen MR) is 174 cm³/mol. The summed E-state index contributed by atoms with van der Waals surface area (Å²) in [5, 5.41) is 21.1. The maximum absolute atomic E-state index is 15.3. The van der Waals surface area contributed by atoms with E-state index in [9.17, 15) is 24.3 Å². The van der Waals surface area contributed by atoms with E-state index >= 15 is 4.79 Å². The van der Waals surface area contributed by atoms with Crippen molar-refractivity contribution in [1.29, 1.82) is 0 Å². The molecule has 2 saturated heterocycles. The Labute approximate surface area is 281 Å². The number of nitrogens with zero attached hydrogens (tertiary/aromatic N) is 2. The molecule has 2 N–H and O–H groups in total. The van der Waals surface area contributed by atoms with Gasteiger partial charge in [0.15, 0.2) is 0 Å². The third kappa shape index (κ3) is 4.57. The highest BCUT2D eigenvalue weighted by Crippen LogP contribution is 2.66. The number of anilines is 1. The molecule has 2 aliphatic heterocycles. The topological polar surface area (TPSA) is 142 Å². The number of phenolic OH excluding ortho intramolecular Hbond substituents is 1. The fourth-order valence-corrected chi connectivity index (χ4v) is 8.92. The van der Waals surface area contributed by atoms with Gasteiger partial charge in [-0.15, -0.1) is 0 Å². The molecule has 4 aliphatic rings. The minimum Gasteiger partial charge on any atom is -0.508 e. The molecule has 0 bridgehead atoms. The number of allylic oxidation sites excluding steroid dienone is 2. The molecule has 4 amide bonds. The van der Waals surface area contributed by atoms with Gasteiger partial charge in [-0.25, -0.2) is 4.90 Å². The van der Waals surface area contributed by atoms with Crippen LogP contribution in [0.1, 0.15) is 42.7 Å². The smallest absolute Gasteiger partial charge is 0.303 e. The van der Waals surface area contributed by atoms with E-state index < -0.39 is 58.7 Å². The number of fused-ring (bicyclic) bond motifs is 4. The van der Waals surface area contributed by atoms with E-state index in [4.69, 9.17) is 21.4 Å². The van der Waals surface area contributed by atoms with Gasteiger partial charge in [-0.3, -0.25) is 28.9 Å². The molecule has 48 heavy (non-hydrogen) atoms. The molecule has 246 valence electrons.